The number of rotatable bonds is 4. The van der Waals surface area contributed by atoms with Crippen molar-refractivity contribution >= 4 is 11.4 Å². The Bertz CT molecular complexity index is 414. The number of benzene rings is 1. The Hall–Kier alpha value is -2.05. The van der Waals surface area contributed by atoms with E-state index in [2.05, 4.69) is 0 Å². The topological polar surface area (TPSA) is 86.3 Å². The molecule has 100 valence electrons. The van der Waals surface area contributed by atoms with Gasteiger partial charge in [0.25, 0.3) is 11.4 Å². The first-order chi connectivity index (χ1) is 8.47. The third-order valence-electron chi connectivity index (χ3n) is 2.06. The van der Waals surface area contributed by atoms with Crippen molar-refractivity contribution in [1.29, 1.82) is 0 Å². The number of nitrogens with zero attached hydrogens (tertiary/aromatic N) is 2. The molecule has 0 radical (unpaired) electrons. The fourth-order valence-corrected chi connectivity index (χ4v) is 1.44. The Labute approximate surface area is 104 Å². The molecule has 7 heteroatoms. The summed E-state index contributed by atoms with van der Waals surface area (Å²) in [6.07, 6.45) is 0.681. The summed E-state index contributed by atoms with van der Waals surface area (Å²) >= 11 is 0. The smallest absolute Gasteiger partial charge is 0.258 e. The molecule has 0 amide bonds. The molecule has 1 aromatic carbocycles. The molecule has 18 heavy (non-hydrogen) atoms. The molecule has 0 saturated heterocycles. The fraction of sp³-hybridized carbons (Fsp3) is 0.455. The van der Waals surface area contributed by atoms with Crippen LogP contribution >= 0.6 is 0 Å². The lowest BCUT2D eigenvalue weighted by Gasteiger charge is -2.02. The summed E-state index contributed by atoms with van der Waals surface area (Å²) in [5.74, 6) is -0.974. The van der Waals surface area contributed by atoms with Crippen LogP contribution in [0.3, 0.4) is 0 Å². The largest absolute Gasteiger partial charge is 0.282 e. The van der Waals surface area contributed by atoms with Crippen molar-refractivity contribution in [3.8, 4) is 0 Å². The van der Waals surface area contributed by atoms with E-state index in [0.717, 1.165) is 0 Å². The molecule has 0 spiro atoms. The number of halogens is 1. The van der Waals surface area contributed by atoms with Crippen LogP contribution in [0, 0.1) is 26.0 Å². The van der Waals surface area contributed by atoms with Gasteiger partial charge in [-0.1, -0.05) is 27.2 Å². The molecule has 0 N–H and O–H groups in total. The van der Waals surface area contributed by atoms with Gasteiger partial charge in [-0.2, -0.15) is 0 Å². The minimum Gasteiger partial charge on any atom is -0.258 e. The molecule has 0 aliphatic carbocycles. The molecule has 6 nitrogen and oxygen atoms in total. The lowest BCUT2D eigenvalue weighted by molar-refractivity contribution is -0.395. The molecule has 0 aromatic heterocycles. The van der Waals surface area contributed by atoms with Gasteiger partial charge in [-0.3, -0.25) is 20.2 Å². The van der Waals surface area contributed by atoms with Crippen molar-refractivity contribution in [3.63, 3.8) is 0 Å². The highest BCUT2D eigenvalue weighted by molar-refractivity contribution is 5.54. The number of nitro groups is 2. The van der Waals surface area contributed by atoms with Crippen LogP contribution in [0.4, 0.5) is 15.8 Å². The maximum atomic E-state index is 13.0. The molecule has 0 saturated carbocycles. The summed E-state index contributed by atoms with van der Waals surface area (Å²) in [7, 11) is 0. The minimum absolute atomic E-state index is 0.0288. The normalized spacial score (nSPS) is 9.33. The van der Waals surface area contributed by atoms with Crippen molar-refractivity contribution < 1.29 is 14.2 Å². The standard InChI is InChI=1S/C9H9FN2O4.C2H6/c1-2-3-7-8(11(13)14)4-6(10)5-9(7)12(15)16;1-2/h4-5H,2-3H2,1H3;1-2H3. The van der Waals surface area contributed by atoms with Crippen LogP contribution in [-0.4, -0.2) is 9.85 Å². The Kier molecular flexibility index (Phi) is 6.48. The average Bonchev–Trinajstić information content (AvgIpc) is 2.33. The van der Waals surface area contributed by atoms with Gasteiger partial charge in [0.1, 0.15) is 11.4 Å². The van der Waals surface area contributed by atoms with E-state index >= 15 is 0 Å². The van der Waals surface area contributed by atoms with Crippen molar-refractivity contribution in [2.75, 3.05) is 0 Å². The first-order valence-electron chi connectivity index (χ1n) is 5.58. The van der Waals surface area contributed by atoms with Gasteiger partial charge in [0, 0.05) is 0 Å². The molecule has 0 unspecified atom stereocenters. The van der Waals surface area contributed by atoms with Crippen LogP contribution < -0.4 is 0 Å². The Morgan fingerprint density at radius 1 is 1.11 bits per heavy atom. The summed E-state index contributed by atoms with van der Waals surface area (Å²) < 4.78 is 13.0. The number of hydrogen-bond acceptors (Lipinski definition) is 4. The second-order valence-corrected chi connectivity index (χ2v) is 3.19. The monoisotopic (exact) mass is 258 g/mol. The van der Waals surface area contributed by atoms with E-state index in [4.69, 9.17) is 0 Å². The molecule has 0 heterocycles. The van der Waals surface area contributed by atoms with Gasteiger partial charge >= 0.3 is 0 Å². The zero-order valence-electron chi connectivity index (χ0n) is 10.5. The van der Waals surface area contributed by atoms with Crippen molar-refractivity contribution in [2.45, 2.75) is 33.6 Å². The highest BCUT2D eigenvalue weighted by Crippen LogP contribution is 2.30. The van der Waals surface area contributed by atoms with Crippen LogP contribution in [-0.2, 0) is 6.42 Å². The van der Waals surface area contributed by atoms with E-state index in [1.54, 1.807) is 6.92 Å². The summed E-state index contributed by atoms with van der Waals surface area (Å²) in [6.45, 7) is 5.73. The highest BCUT2D eigenvalue weighted by atomic mass is 19.1. The third-order valence-corrected chi connectivity index (χ3v) is 2.06. The second kappa shape index (κ2) is 7.31. The highest BCUT2D eigenvalue weighted by Gasteiger charge is 2.25. The van der Waals surface area contributed by atoms with Crippen LogP contribution in [0.15, 0.2) is 12.1 Å². The van der Waals surface area contributed by atoms with Crippen molar-refractivity contribution in [2.24, 2.45) is 0 Å². The van der Waals surface area contributed by atoms with Gasteiger partial charge in [-0.25, -0.2) is 4.39 Å². The van der Waals surface area contributed by atoms with Crippen LogP contribution in [0.5, 0.6) is 0 Å². The SMILES string of the molecule is CC.CCCc1c([N+](=O)[O-])cc(F)cc1[N+](=O)[O-]. The Balaban J connectivity index is 0.00000137. The maximum Gasteiger partial charge on any atom is 0.282 e. The summed E-state index contributed by atoms with van der Waals surface area (Å²) in [5, 5.41) is 21.3. The van der Waals surface area contributed by atoms with Crippen molar-refractivity contribution in [3.05, 3.63) is 43.7 Å². The van der Waals surface area contributed by atoms with Gasteiger partial charge in [0.15, 0.2) is 0 Å². The lowest BCUT2D eigenvalue weighted by atomic mass is 10.1. The Morgan fingerprint density at radius 2 is 1.50 bits per heavy atom. The number of nitro benzene ring substituents is 2. The molecule has 0 bridgehead atoms. The van der Waals surface area contributed by atoms with Crippen molar-refractivity contribution in [1.82, 2.24) is 0 Å². The minimum atomic E-state index is -0.974. The van der Waals surface area contributed by atoms with Gasteiger partial charge in [0.05, 0.1) is 22.0 Å². The summed E-state index contributed by atoms with van der Waals surface area (Å²) in [6, 6.07) is 1.41. The van der Waals surface area contributed by atoms with Gasteiger partial charge < -0.3 is 0 Å². The van der Waals surface area contributed by atoms with E-state index in [9.17, 15) is 24.6 Å². The molecule has 1 aromatic rings. The molecular weight excluding hydrogens is 243 g/mol. The predicted octanol–water partition coefficient (Wildman–Crippen LogP) is 3.62. The fourth-order valence-electron chi connectivity index (χ4n) is 1.44. The van der Waals surface area contributed by atoms with E-state index < -0.39 is 27.0 Å². The first kappa shape index (κ1) is 16.0. The van der Waals surface area contributed by atoms with Crippen LogP contribution in [0.2, 0.25) is 0 Å². The zero-order chi connectivity index (χ0) is 14.3. The van der Waals surface area contributed by atoms with E-state index in [1.807, 2.05) is 13.8 Å². The van der Waals surface area contributed by atoms with E-state index in [1.165, 1.54) is 0 Å². The van der Waals surface area contributed by atoms with Crippen LogP contribution in [0.1, 0.15) is 32.8 Å². The Morgan fingerprint density at radius 3 is 1.78 bits per heavy atom. The van der Waals surface area contributed by atoms with Gasteiger partial charge in [-0.15, -0.1) is 0 Å². The van der Waals surface area contributed by atoms with E-state index in [0.29, 0.717) is 18.6 Å². The number of hydrogen-bond donors (Lipinski definition) is 0. The van der Waals surface area contributed by atoms with Gasteiger partial charge in [0.2, 0.25) is 0 Å². The lowest BCUT2D eigenvalue weighted by Crippen LogP contribution is -2.02. The van der Waals surface area contributed by atoms with Crippen LogP contribution in [0.25, 0.3) is 0 Å². The molecular formula is C11H15FN2O4. The maximum absolute atomic E-state index is 13.0. The summed E-state index contributed by atoms with van der Waals surface area (Å²) in [5.41, 5.74) is -1.10. The first-order valence-corrected chi connectivity index (χ1v) is 5.58. The second-order valence-electron chi connectivity index (χ2n) is 3.19. The quantitative estimate of drug-likeness (QED) is 0.609. The molecule has 1 rings (SSSR count). The zero-order valence-corrected chi connectivity index (χ0v) is 10.5. The summed E-state index contributed by atoms with van der Waals surface area (Å²) in [4.78, 5) is 19.7. The molecule has 0 aliphatic rings. The molecule has 0 fully saturated rings. The van der Waals surface area contributed by atoms with Gasteiger partial charge in [-0.05, 0) is 6.42 Å². The van der Waals surface area contributed by atoms with E-state index in [-0.39, 0.29) is 12.0 Å². The molecule has 0 atom stereocenters. The third kappa shape index (κ3) is 3.76. The molecule has 0 aliphatic heterocycles. The average molecular weight is 258 g/mol. The predicted molar refractivity (Wildman–Crippen MR) is 65.1 cm³/mol.